The first kappa shape index (κ1) is 27.4. The molecule has 2 aliphatic rings. The normalized spacial score (nSPS) is 17.8. The minimum absolute atomic E-state index is 0.183. The van der Waals surface area contributed by atoms with Gasteiger partial charge in [-0.1, -0.05) is 29.8 Å². The number of benzene rings is 2. The van der Waals surface area contributed by atoms with E-state index in [1.54, 1.807) is 0 Å². The third-order valence-electron chi connectivity index (χ3n) is 7.60. The second-order valence-corrected chi connectivity index (χ2v) is 10.7. The van der Waals surface area contributed by atoms with E-state index in [1.807, 2.05) is 42.6 Å². The summed E-state index contributed by atoms with van der Waals surface area (Å²) in [5.41, 5.74) is 4.73. The van der Waals surface area contributed by atoms with Crippen molar-refractivity contribution in [3.8, 4) is 11.1 Å². The molecule has 3 aromatic rings. The van der Waals surface area contributed by atoms with Crippen LogP contribution < -0.4 is 10.2 Å². The van der Waals surface area contributed by atoms with Crippen LogP contribution in [0.5, 0.6) is 0 Å². The molecule has 39 heavy (non-hydrogen) atoms. The Bertz CT molecular complexity index is 1230. The zero-order chi connectivity index (χ0) is 27.0. The minimum Gasteiger partial charge on any atom is -0.478 e. The van der Waals surface area contributed by atoms with Gasteiger partial charge in [-0.2, -0.15) is 0 Å². The lowest BCUT2D eigenvalue weighted by Gasteiger charge is -2.27. The van der Waals surface area contributed by atoms with Crippen molar-refractivity contribution in [2.75, 3.05) is 56.2 Å². The van der Waals surface area contributed by atoms with Gasteiger partial charge in [-0.3, -0.25) is 5.41 Å². The van der Waals surface area contributed by atoms with Crippen LogP contribution >= 0.6 is 11.6 Å². The van der Waals surface area contributed by atoms with Gasteiger partial charge in [0.2, 0.25) is 5.90 Å². The van der Waals surface area contributed by atoms with E-state index in [0.717, 1.165) is 84.6 Å². The molecule has 8 heteroatoms. The number of likely N-dealkylation sites (tertiary alicyclic amines) is 1. The minimum atomic E-state index is 0.183. The lowest BCUT2D eigenvalue weighted by Crippen LogP contribution is -2.36. The number of anilines is 2. The van der Waals surface area contributed by atoms with Gasteiger partial charge in [0.05, 0.1) is 25.4 Å². The van der Waals surface area contributed by atoms with E-state index < -0.39 is 0 Å². The summed E-state index contributed by atoms with van der Waals surface area (Å²) in [5.74, 6) is 1.15. The molecule has 0 spiro atoms. The van der Waals surface area contributed by atoms with Gasteiger partial charge in [0.25, 0.3) is 0 Å². The lowest BCUT2D eigenvalue weighted by atomic mass is 10.0. The van der Waals surface area contributed by atoms with Gasteiger partial charge >= 0.3 is 0 Å². The van der Waals surface area contributed by atoms with Crippen LogP contribution in [0.25, 0.3) is 11.1 Å². The van der Waals surface area contributed by atoms with E-state index in [4.69, 9.17) is 31.5 Å². The Morgan fingerprint density at radius 3 is 2.59 bits per heavy atom. The number of rotatable bonds is 10. The molecule has 2 fully saturated rings. The van der Waals surface area contributed by atoms with Gasteiger partial charge in [0, 0.05) is 54.7 Å². The molecule has 0 radical (unpaired) electrons. The van der Waals surface area contributed by atoms with Crippen molar-refractivity contribution in [1.82, 2.24) is 9.88 Å². The molecular formula is C31H38ClN5O2. The third-order valence-corrected chi connectivity index (χ3v) is 7.86. The van der Waals surface area contributed by atoms with Crippen LogP contribution in [0.4, 0.5) is 11.5 Å². The molecule has 5 rings (SSSR count). The Morgan fingerprint density at radius 1 is 1.08 bits per heavy atom. The standard InChI is InChI=1S/C31H38ClN5O2/c1-23-4-2-13-36(23)14-3-17-39-31(33)28-20-25(7-11-29(28)34-21-24-5-9-27(32)10-6-24)26-8-12-30(35-22-26)37-15-18-38-19-16-37/h5-12,20,22-23,33-34H,2-4,13-19,21H2,1H3. The topological polar surface area (TPSA) is 73.7 Å². The monoisotopic (exact) mass is 547 g/mol. The maximum Gasteiger partial charge on any atom is 0.215 e. The second-order valence-electron chi connectivity index (χ2n) is 10.3. The summed E-state index contributed by atoms with van der Waals surface area (Å²) < 4.78 is 11.5. The van der Waals surface area contributed by atoms with Gasteiger partial charge in [-0.15, -0.1) is 0 Å². The highest BCUT2D eigenvalue weighted by atomic mass is 35.5. The number of hydrogen-bond acceptors (Lipinski definition) is 7. The molecule has 1 aromatic heterocycles. The fourth-order valence-electron chi connectivity index (χ4n) is 5.25. The molecule has 3 heterocycles. The molecule has 0 amide bonds. The average molecular weight is 548 g/mol. The lowest BCUT2D eigenvalue weighted by molar-refractivity contribution is 0.122. The molecule has 206 valence electrons. The van der Waals surface area contributed by atoms with Crippen LogP contribution in [0.2, 0.25) is 5.02 Å². The largest absolute Gasteiger partial charge is 0.478 e. The number of nitrogens with zero attached hydrogens (tertiary/aromatic N) is 3. The maximum atomic E-state index is 8.81. The van der Waals surface area contributed by atoms with Crippen molar-refractivity contribution in [2.45, 2.75) is 38.8 Å². The molecule has 7 nitrogen and oxygen atoms in total. The summed E-state index contributed by atoms with van der Waals surface area (Å²) in [5, 5.41) is 13.0. The first-order valence-corrected chi connectivity index (χ1v) is 14.3. The summed E-state index contributed by atoms with van der Waals surface area (Å²) in [6.07, 6.45) is 5.36. The molecule has 0 aliphatic carbocycles. The molecule has 1 unspecified atom stereocenters. The molecule has 1 atom stereocenters. The molecule has 2 saturated heterocycles. The van der Waals surface area contributed by atoms with Crippen LogP contribution in [0, 0.1) is 5.41 Å². The van der Waals surface area contributed by atoms with Crippen LogP contribution in [-0.4, -0.2) is 67.8 Å². The summed E-state index contributed by atoms with van der Waals surface area (Å²) in [4.78, 5) is 9.48. The van der Waals surface area contributed by atoms with Crippen molar-refractivity contribution in [2.24, 2.45) is 0 Å². The Morgan fingerprint density at radius 2 is 1.87 bits per heavy atom. The number of ether oxygens (including phenoxy) is 2. The summed E-state index contributed by atoms with van der Waals surface area (Å²) in [7, 11) is 0. The highest BCUT2D eigenvalue weighted by molar-refractivity contribution is 6.30. The summed E-state index contributed by atoms with van der Waals surface area (Å²) >= 11 is 6.05. The smallest absolute Gasteiger partial charge is 0.215 e. The number of aromatic nitrogens is 1. The molecule has 2 N–H and O–H groups in total. The van der Waals surface area contributed by atoms with Crippen LogP contribution in [0.1, 0.15) is 37.3 Å². The number of pyridine rings is 1. The first-order chi connectivity index (χ1) is 19.1. The molecular weight excluding hydrogens is 510 g/mol. The van der Waals surface area contributed by atoms with E-state index in [1.165, 1.54) is 12.8 Å². The molecule has 2 aliphatic heterocycles. The molecule has 0 bridgehead atoms. The van der Waals surface area contributed by atoms with Gasteiger partial charge in [-0.25, -0.2) is 4.98 Å². The van der Waals surface area contributed by atoms with Crippen molar-refractivity contribution in [1.29, 1.82) is 5.41 Å². The van der Waals surface area contributed by atoms with Gasteiger partial charge in [0.15, 0.2) is 0 Å². The number of hydrogen-bond donors (Lipinski definition) is 2. The van der Waals surface area contributed by atoms with Crippen molar-refractivity contribution in [3.05, 3.63) is 76.9 Å². The highest BCUT2D eigenvalue weighted by Gasteiger charge is 2.19. The van der Waals surface area contributed by atoms with Crippen LogP contribution in [0.3, 0.4) is 0 Å². The quantitative estimate of drug-likeness (QED) is 0.182. The molecule has 2 aromatic carbocycles. The fraction of sp³-hybridized carbons (Fsp3) is 0.419. The fourth-order valence-corrected chi connectivity index (χ4v) is 5.37. The Balaban J connectivity index is 1.29. The number of halogens is 1. The number of nitrogens with one attached hydrogen (secondary N) is 2. The van der Waals surface area contributed by atoms with E-state index in [9.17, 15) is 0 Å². The zero-order valence-corrected chi connectivity index (χ0v) is 23.4. The van der Waals surface area contributed by atoms with Crippen molar-refractivity contribution < 1.29 is 9.47 Å². The first-order valence-electron chi connectivity index (χ1n) is 13.9. The van der Waals surface area contributed by atoms with E-state index >= 15 is 0 Å². The Kier molecular flexibility index (Phi) is 9.35. The highest BCUT2D eigenvalue weighted by Crippen LogP contribution is 2.28. The summed E-state index contributed by atoms with van der Waals surface area (Å²) in [6, 6.07) is 18.7. The van der Waals surface area contributed by atoms with Gasteiger partial charge in [-0.05, 0) is 80.3 Å². The maximum absolute atomic E-state index is 8.81. The van der Waals surface area contributed by atoms with Crippen LogP contribution in [-0.2, 0) is 16.0 Å². The predicted molar refractivity (Wildman–Crippen MR) is 159 cm³/mol. The Labute approximate surface area is 236 Å². The van der Waals surface area contributed by atoms with E-state index in [-0.39, 0.29) is 5.90 Å². The molecule has 0 saturated carbocycles. The Hall–Kier alpha value is -3.13. The third kappa shape index (κ3) is 7.29. The SMILES string of the molecule is CC1CCCN1CCCOC(=N)c1cc(-c2ccc(N3CCOCC3)nc2)ccc1NCc1ccc(Cl)cc1. The van der Waals surface area contributed by atoms with Crippen molar-refractivity contribution in [3.63, 3.8) is 0 Å². The average Bonchev–Trinajstić information content (AvgIpc) is 3.39. The van der Waals surface area contributed by atoms with Gasteiger partial charge in [0.1, 0.15) is 5.82 Å². The predicted octanol–water partition coefficient (Wildman–Crippen LogP) is 6.07. The summed E-state index contributed by atoms with van der Waals surface area (Å²) in [6.45, 7) is 8.80. The second kappa shape index (κ2) is 13.3. The van der Waals surface area contributed by atoms with Crippen LogP contribution in [0.15, 0.2) is 60.8 Å². The van der Waals surface area contributed by atoms with E-state index in [2.05, 4.69) is 40.2 Å². The van der Waals surface area contributed by atoms with Gasteiger partial charge < -0.3 is 24.6 Å². The zero-order valence-electron chi connectivity index (χ0n) is 22.7. The van der Waals surface area contributed by atoms with E-state index in [0.29, 0.717) is 19.2 Å². The van der Waals surface area contributed by atoms with Crippen molar-refractivity contribution >= 4 is 29.0 Å². The number of morpholine rings is 1.